The highest BCUT2D eigenvalue weighted by atomic mass is 16.5. The number of nitrogens with one attached hydrogen (secondary N) is 2. The highest BCUT2D eigenvalue weighted by molar-refractivity contribution is 5.97. The van der Waals surface area contributed by atoms with E-state index in [2.05, 4.69) is 34.9 Å². The van der Waals surface area contributed by atoms with E-state index in [0.29, 0.717) is 18.5 Å². The van der Waals surface area contributed by atoms with Crippen molar-refractivity contribution in [1.82, 2.24) is 5.32 Å². The molecule has 178 valence electrons. The zero-order valence-electron chi connectivity index (χ0n) is 19.1. The number of alkyl carbamates (subject to hydrolysis) is 1. The molecule has 2 aliphatic carbocycles. The van der Waals surface area contributed by atoms with Crippen LogP contribution in [0.15, 0.2) is 72.8 Å². The van der Waals surface area contributed by atoms with Crippen LogP contribution in [0.2, 0.25) is 0 Å². The largest absolute Gasteiger partial charge is 0.478 e. The number of anilines is 1. The molecule has 1 fully saturated rings. The van der Waals surface area contributed by atoms with E-state index in [1.165, 1.54) is 23.3 Å². The molecule has 3 N–H and O–H groups in total. The van der Waals surface area contributed by atoms with Crippen molar-refractivity contribution < 1.29 is 24.2 Å². The molecule has 0 heterocycles. The van der Waals surface area contributed by atoms with E-state index < -0.39 is 17.5 Å². The van der Waals surface area contributed by atoms with Gasteiger partial charge in [-0.05, 0) is 59.4 Å². The van der Waals surface area contributed by atoms with E-state index in [0.717, 1.165) is 17.5 Å². The second kappa shape index (κ2) is 9.25. The van der Waals surface area contributed by atoms with Crippen LogP contribution in [0, 0.1) is 5.41 Å². The molecule has 0 radical (unpaired) electrons. The molecule has 0 aliphatic heterocycles. The Kier molecular flexibility index (Phi) is 5.99. The first-order chi connectivity index (χ1) is 17.0. The van der Waals surface area contributed by atoms with Crippen LogP contribution in [0.25, 0.3) is 11.1 Å². The SMILES string of the molecule is O=C(NCC1(C(=O)Nc2ccc(C(=O)O)cc2)CCC1)OCC1c2ccccc2-c2ccccc21. The standard InChI is InChI=1S/C28H26N2O5/c31-25(32)18-10-12-19(13-11-18)30-26(33)28(14-5-15-28)17-29-27(34)35-16-24-22-8-3-1-6-20(22)21-7-2-4-9-23(21)24/h1-4,6-13,24H,5,14-17H2,(H,29,34)(H,30,33)(H,31,32). The average Bonchev–Trinajstić information content (AvgIpc) is 3.16. The molecule has 0 bridgehead atoms. The minimum absolute atomic E-state index is 0.0251. The van der Waals surface area contributed by atoms with Gasteiger partial charge in [0.15, 0.2) is 0 Å². The topological polar surface area (TPSA) is 105 Å². The molecule has 7 heteroatoms. The highest BCUT2D eigenvalue weighted by Gasteiger charge is 2.44. The summed E-state index contributed by atoms with van der Waals surface area (Å²) in [4.78, 5) is 36.6. The summed E-state index contributed by atoms with van der Waals surface area (Å²) in [7, 11) is 0. The lowest BCUT2D eigenvalue weighted by Crippen LogP contribution is -2.50. The second-order valence-electron chi connectivity index (χ2n) is 9.15. The van der Waals surface area contributed by atoms with Gasteiger partial charge in [0.1, 0.15) is 6.61 Å². The van der Waals surface area contributed by atoms with Gasteiger partial charge in [0, 0.05) is 18.2 Å². The first kappa shape index (κ1) is 22.7. The molecule has 0 atom stereocenters. The first-order valence-electron chi connectivity index (χ1n) is 11.7. The molecule has 0 spiro atoms. The van der Waals surface area contributed by atoms with Crippen molar-refractivity contribution in [2.45, 2.75) is 25.2 Å². The van der Waals surface area contributed by atoms with Gasteiger partial charge in [-0.2, -0.15) is 0 Å². The van der Waals surface area contributed by atoms with Crippen LogP contribution in [-0.2, 0) is 9.53 Å². The fourth-order valence-corrected chi connectivity index (χ4v) is 4.94. The summed E-state index contributed by atoms with van der Waals surface area (Å²) in [5, 5.41) is 14.7. The quantitative estimate of drug-likeness (QED) is 0.449. The van der Waals surface area contributed by atoms with Crippen molar-refractivity contribution in [2.75, 3.05) is 18.5 Å². The van der Waals surface area contributed by atoms with Crippen molar-refractivity contribution in [3.8, 4) is 11.1 Å². The Morgan fingerprint density at radius 1 is 0.886 bits per heavy atom. The smallest absolute Gasteiger partial charge is 0.407 e. The predicted octanol–water partition coefficient (Wildman–Crippen LogP) is 5.03. The van der Waals surface area contributed by atoms with Gasteiger partial charge >= 0.3 is 12.1 Å². The molecule has 3 aromatic rings. The zero-order chi connectivity index (χ0) is 24.4. The number of hydrogen-bond acceptors (Lipinski definition) is 4. The Morgan fingerprint density at radius 3 is 2.03 bits per heavy atom. The van der Waals surface area contributed by atoms with E-state index in [1.54, 1.807) is 12.1 Å². The van der Waals surface area contributed by atoms with E-state index >= 15 is 0 Å². The van der Waals surface area contributed by atoms with Gasteiger partial charge in [0.2, 0.25) is 5.91 Å². The lowest BCUT2D eigenvalue weighted by atomic mass is 9.68. The Labute approximate surface area is 203 Å². The molecule has 2 amide bonds. The van der Waals surface area contributed by atoms with Crippen LogP contribution >= 0.6 is 0 Å². The summed E-state index contributed by atoms with van der Waals surface area (Å²) in [6.07, 6.45) is 1.68. The number of rotatable bonds is 7. The molecule has 0 unspecified atom stereocenters. The fraction of sp³-hybridized carbons (Fsp3) is 0.250. The number of carbonyl (C=O) groups excluding carboxylic acids is 2. The first-order valence-corrected chi connectivity index (χ1v) is 11.7. The summed E-state index contributed by atoms with van der Waals surface area (Å²) in [6.45, 7) is 0.400. The third-order valence-electron chi connectivity index (χ3n) is 7.10. The zero-order valence-corrected chi connectivity index (χ0v) is 19.1. The second-order valence-corrected chi connectivity index (χ2v) is 9.15. The Hall–Kier alpha value is -4.13. The van der Waals surface area contributed by atoms with Crippen LogP contribution in [0.4, 0.5) is 10.5 Å². The van der Waals surface area contributed by atoms with Crippen molar-refractivity contribution in [3.63, 3.8) is 0 Å². The molecule has 2 aliphatic rings. The van der Waals surface area contributed by atoms with E-state index in [1.807, 2.05) is 24.3 Å². The maximum atomic E-state index is 13.0. The number of benzene rings is 3. The lowest BCUT2D eigenvalue weighted by Gasteiger charge is -2.40. The van der Waals surface area contributed by atoms with Gasteiger partial charge in [0.05, 0.1) is 11.0 Å². The minimum Gasteiger partial charge on any atom is -0.478 e. The lowest BCUT2D eigenvalue weighted by molar-refractivity contribution is -0.129. The maximum absolute atomic E-state index is 13.0. The molecule has 7 nitrogen and oxygen atoms in total. The number of carboxylic acids is 1. The number of amides is 2. The van der Waals surface area contributed by atoms with Gasteiger partial charge in [0.25, 0.3) is 0 Å². The molecule has 0 aromatic heterocycles. The number of carboxylic acid groups (broad SMARTS) is 1. The Morgan fingerprint density at radius 2 is 1.49 bits per heavy atom. The van der Waals surface area contributed by atoms with E-state index in [-0.39, 0.29) is 30.5 Å². The van der Waals surface area contributed by atoms with Crippen LogP contribution in [0.1, 0.15) is 46.7 Å². The van der Waals surface area contributed by atoms with Gasteiger partial charge in [-0.15, -0.1) is 0 Å². The van der Waals surface area contributed by atoms with Crippen molar-refractivity contribution in [3.05, 3.63) is 89.5 Å². The number of carbonyl (C=O) groups is 3. The molecule has 1 saturated carbocycles. The monoisotopic (exact) mass is 470 g/mol. The van der Waals surface area contributed by atoms with E-state index in [4.69, 9.17) is 9.84 Å². The summed E-state index contributed by atoms with van der Waals surface area (Å²) >= 11 is 0. The van der Waals surface area contributed by atoms with Crippen LogP contribution in [-0.4, -0.2) is 36.2 Å². The minimum atomic E-state index is -1.02. The van der Waals surface area contributed by atoms with Crippen molar-refractivity contribution in [1.29, 1.82) is 0 Å². The number of fused-ring (bicyclic) bond motifs is 3. The Bertz CT molecular complexity index is 1240. The summed E-state index contributed by atoms with van der Waals surface area (Å²) in [5.41, 5.74) is 4.59. The van der Waals surface area contributed by atoms with Gasteiger partial charge < -0.3 is 20.5 Å². The predicted molar refractivity (Wildman–Crippen MR) is 131 cm³/mol. The molecule has 35 heavy (non-hydrogen) atoms. The van der Waals surface area contributed by atoms with Gasteiger partial charge in [-0.3, -0.25) is 4.79 Å². The van der Waals surface area contributed by atoms with Gasteiger partial charge in [-0.1, -0.05) is 55.0 Å². The number of ether oxygens (including phenoxy) is 1. The van der Waals surface area contributed by atoms with Crippen LogP contribution in [0.5, 0.6) is 0 Å². The third-order valence-corrected chi connectivity index (χ3v) is 7.10. The molecular weight excluding hydrogens is 444 g/mol. The third kappa shape index (κ3) is 4.37. The summed E-state index contributed by atoms with van der Waals surface area (Å²) < 4.78 is 5.60. The average molecular weight is 471 g/mol. The Balaban J connectivity index is 1.18. The van der Waals surface area contributed by atoms with Crippen molar-refractivity contribution >= 4 is 23.7 Å². The maximum Gasteiger partial charge on any atom is 0.407 e. The fourth-order valence-electron chi connectivity index (χ4n) is 4.94. The molecular formula is C28H26N2O5. The van der Waals surface area contributed by atoms with E-state index in [9.17, 15) is 14.4 Å². The summed E-state index contributed by atoms with van der Waals surface area (Å²) in [6, 6.07) is 22.3. The normalized spacial score (nSPS) is 15.3. The number of hydrogen-bond donors (Lipinski definition) is 3. The molecule has 3 aromatic carbocycles. The summed E-state index contributed by atoms with van der Waals surface area (Å²) in [5.74, 6) is -1.24. The molecule has 5 rings (SSSR count). The van der Waals surface area contributed by atoms with Gasteiger partial charge in [-0.25, -0.2) is 9.59 Å². The molecule has 0 saturated heterocycles. The number of aromatic carboxylic acids is 1. The highest BCUT2D eigenvalue weighted by Crippen LogP contribution is 2.44. The van der Waals surface area contributed by atoms with Crippen LogP contribution in [0.3, 0.4) is 0 Å². The van der Waals surface area contributed by atoms with Crippen molar-refractivity contribution in [2.24, 2.45) is 5.41 Å². The van der Waals surface area contributed by atoms with Crippen LogP contribution < -0.4 is 10.6 Å².